The first kappa shape index (κ1) is 9.03. The first-order valence-electron chi connectivity index (χ1n) is 4.15. The summed E-state index contributed by atoms with van der Waals surface area (Å²) < 4.78 is 0. The molecule has 1 aliphatic rings. The van der Waals surface area contributed by atoms with Crippen molar-refractivity contribution in [1.82, 2.24) is 0 Å². The van der Waals surface area contributed by atoms with E-state index >= 15 is 0 Å². The van der Waals surface area contributed by atoms with Gasteiger partial charge in [-0.3, -0.25) is 4.79 Å². The number of rotatable bonds is 2. The number of hydrogen-bond donors (Lipinski definition) is 1. The molecular formula is C8H14N2O2. The van der Waals surface area contributed by atoms with E-state index in [0.717, 1.165) is 31.4 Å². The van der Waals surface area contributed by atoms with E-state index in [1.807, 2.05) is 0 Å². The van der Waals surface area contributed by atoms with Gasteiger partial charge < -0.3 is 10.6 Å². The van der Waals surface area contributed by atoms with Crippen LogP contribution in [-0.2, 0) is 9.63 Å². The van der Waals surface area contributed by atoms with Crippen LogP contribution >= 0.6 is 0 Å². The topological polar surface area (TPSA) is 64.7 Å². The highest BCUT2D eigenvalue weighted by atomic mass is 16.6. The van der Waals surface area contributed by atoms with Crippen molar-refractivity contribution in [2.45, 2.75) is 25.7 Å². The summed E-state index contributed by atoms with van der Waals surface area (Å²) in [6.07, 6.45) is 3.78. The predicted molar refractivity (Wildman–Crippen MR) is 45.6 cm³/mol. The number of oxime groups is 1. The monoisotopic (exact) mass is 170 g/mol. The summed E-state index contributed by atoms with van der Waals surface area (Å²) in [5.74, 6) is -0.482. The van der Waals surface area contributed by atoms with Crippen LogP contribution in [0, 0.1) is 5.92 Å². The zero-order chi connectivity index (χ0) is 8.97. The van der Waals surface area contributed by atoms with E-state index in [1.54, 1.807) is 0 Å². The van der Waals surface area contributed by atoms with Crippen LogP contribution in [0.3, 0.4) is 0 Å². The average molecular weight is 170 g/mol. The molecule has 0 aliphatic heterocycles. The van der Waals surface area contributed by atoms with E-state index in [4.69, 9.17) is 5.73 Å². The zero-order valence-electron chi connectivity index (χ0n) is 7.25. The van der Waals surface area contributed by atoms with Crippen molar-refractivity contribution in [3.05, 3.63) is 0 Å². The van der Waals surface area contributed by atoms with Crippen molar-refractivity contribution in [2.24, 2.45) is 16.8 Å². The summed E-state index contributed by atoms with van der Waals surface area (Å²) in [6.45, 7) is 0. The molecule has 1 fully saturated rings. The molecule has 68 valence electrons. The van der Waals surface area contributed by atoms with Gasteiger partial charge in [-0.15, -0.1) is 0 Å². The Balaban J connectivity index is 2.67. The molecule has 0 bridgehead atoms. The van der Waals surface area contributed by atoms with Crippen LogP contribution in [0.1, 0.15) is 25.7 Å². The average Bonchev–Trinajstić information content (AvgIpc) is 2.05. The minimum atomic E-state index is -0.287. The first-order chi connectivity index (χ1) is 5.75. The molecule has 0 aromatic rings. The quantitative estimate of drug-likeness (QED) is 0.619. The summed E-state index contributed by atoms with van der Waals surface area (Å²) in [5.41, 5.74) is 6.01. The van der Waals surface area contributed by atoms with Gasteiger partial charge in [0.2, 0.25) is 5.91 Å². The SMILES string of the molecule is CON=C1CCCC[C@@H]1C(N)=O. The lowest BCUT2D eigenvalue weighted by atomic mass is 9.87. The van der Waals surface area contributed by atoms with Crippen molar-refractivity contribution < 1.29 is 9.63 Å². The zero-order valence-corrected chi connectivity index (χ0v) is 7.25. The molecule has 1 atom stereocenters. The Morgan fingerprint density at radius 1 is 1.67 bits per heavy atom. The number of nitrogens with zero attached hydrogens (tertiary/aromatic N) is 1. The van der Waals surface area contributed by atoms with E-state index < -0.39 is 0 Å². The van der Waals surface area contributed by atoms with E-state index in [-0.39, 0.29) is 11.8 Å². The highest BCUT2D eigenvalue weighted by Crippen LogP contribution is 2.21. The number of amides is 1. The molecule has 1 amide bonds. The largest absolute Gasteiger partial charge is 0.399 e. The van der Waals surface area contributed by atoms with Crippen LogP contribution in [-0.4, -0.2) is 18.7 Å². The van der Waals surface area contributed by atoms with Crippen LogP contribution in [0.4, 0.5) is 0 Å². The van der Waals surface area contributed by atoms with Gasteiger partial charge in [0.15, 0.2) is 0 Å². The molecule has 1 rings (SSSR count). The summed E-state index contributed by atoms with van der Waals surface area (Å²) in [7, 11) is 1.49. The maximum Gasteiger partial charge on any atom is 0.226 e. The van der Waals surface area contributed by atoms with Gasteiger partial charge in [-0.2, -0.15) is 0 Å². The number of hydrogen-bond acceptors (Lipinski definition) is 3. The number of primary amides is 1. The van der Waals surface area contributed by atoms with Gasteiger partial charge >= 0.3 is 0 Å². The second-order valence-electron chi connectivity index (χ2n) is 2.97. The molecule has 4 nitrogen and oxygen atoms in total. The van der Waals surface area contributed by atoms with Gasteiger partial charge in [0.05, 0.1) is 11.6 Å². The van der Waals surface area contributed by atoms with Gasteiger partial charge in [0.1, 0.15) is 7.11 Å². The molecule has 0 radical (unpaired) electrons. The van der Waals surface area contributed by atoms with Crippen molar-refractivity contribution in [3.8, 4) is 0 Å². The molecule has 1 saturated carbocycles. The summed E-state index contributed by atoms with van der Waals surface area (Å²) in [5, 5.41) is 3.80. The third-order valence-electron chi connectivity index (χ3n) is 2.13. The van der Waals surface area contributed by atoms with Crippen molar-refractivity contribution in [1.29, 1.82) is 0 Å². The van der Waals surface area contributed by atoms with Crippen molar-refractivity contribution in [3.63, 3.8) is 0 Å². The second kappa shape index (κ2) is 4.09. The Bertz CT molecular complexity index is 201. The maximum absolute atomic E-state index is 10.9. The van der Waals surface area contributed by atoms with Gasteiger partial charge in [0, 0.05) is 0 Å². The normalized spacial score (nSPS) is 27.1. The van der Waals surface area contributed by atoms with E-state index in [0.29, 0.717) is 0 Å². The Kier molecular flexibility index (Phi) is 3.08. The number of carbonyl (C=O) groups excluding carboxylic acids is 1. The Morgan fingerprint density at radius 3 is 3.00 bits per heavy atom. The standard InChI is InChI=1S/C8H14N2O2/c1-12-10-7-5-3-2-4-6(7)8(9)11/h6H,2-5H2,1H3,(H2,9,11)/t6-/m0/s1. The van der Waals surface area contributed by atoms with Crippen molar-refractivity contribution in [2.75, 3.05) is 7.11 Å². The van der Waals surface area contributed by atoms with Gasteiger partial charge in [-0.1, -0.05) is 11.6 Å². The molecule has 0 heterocycles. The lowest BCUT2D eigenvalue weighted by Gasteiger charge is -2.19. The van der Waals surface area contributed by atoms with Crippen LogP contribution in [0.25, 0.3) is 0 Å². The minimum Gasteiger partial charge on any atom is -0.399 e. The van der Waals surface area contributed by atoms with Crippen LogP contribution < -0.4 is 5.73 Å². The second-order valence-corrected chi connectivity index (χ2v) is 2.97. The van der Waals surface area contributed by atoms with Crippen LogP contribution in [0.5, 0.6) is 0 Å². The number of carbonyl (C=O) groups is 1. The molecular weight excluding hydrogens is 156 g/mol. The molecule has 0 aromatic heterocycles. The predicted octanol–water partition coefficient (Wildman–Crippen LogP) is 0.664. The molecule has 12 heavy (non-hydrogen) atoms. The molecule has 4 heteroatoms. The van der Waals surface area contributed by atoms with Crippen molar-refractivity contribution >= 4 is 11.6 Å². The van der Waals surface area contributed by atoms with E-state index in [1.165, 1.54) is 7.11 Å². The van der Waals surface area contributed by atoms with E-state index in [9.17, 15) is 4.79 Å². The third kappa shape index (κ3) is 1.96. The highest BCUT2D eigenvalue weighted by Gasteiger charge is 2.25. The Hall–Kier alpha value is -1.06. The van der Waals surface area contributed by atoms with Gasteiger partial charge in [-0.05, 0) is 19.3 Å². The summed E-state index contributed by atoms with van der Waals surface area (Å²) >= 11 is 0. The molecule has 0 aromatic carbocycles. The fourth-order valence-electron chi connectivity index (χ4n) is 1.53. The van der Waals surface area contributed by atoms with E-state index in [2.05, 4.69) is 9.99 Å². The number of nitrogens with two attached hydrogens (primary N) is 1. The molecule has 0 spiro atoms. The molecule has 2 N–H and O–H groups in total. The molecule has 0 saturated heterocycles. The van der Waals surface area contributed by atoms with Gasteiger partial charge in [0.25, 0.3) is 0 Å². The molecule has 1 aliphatic carbocycles. The minimum absolute atomic E-state index is 0.196. The third-order valence-corrected chi connectivity index (χ3v) is 2.13. The van der Waals surface area contributed by atoms with Crippen LogP contribution in [0.15, 0.2) is 5.16 Å². The van der Waals surface area contributed by atoms with Crippen LogP contribution in [0.2, 0.25) is 0 Å². The summed E-state index contributed by atoms with van der Waals surface area (Å²) in [4.78, 5) is 15.6. The maximum atomic E-state index is 10.9. The summed E-state index contributed by atoms with van der Waals surface area (Å²) in [6, 6.07) is 0. The Labute approximate surface area is 71.8 Å². The van der Waals surface area contributed by atoms with Gasteiger partial charge in [-0.25, -0.2) is 0 Å². The highest BCUT2D eigenvalue weighted by molar-refractivity contribution is 6.03. The molecule has 0 unspecified atom stereocenters. The Morgan fingerprint density at radius 2 is 2.42 bits per heavy atom. The fraction of sp³-hybridized carbons (Fsp3) is 0.750. The fourth-order valence-corrected chi connectivity index (χ4v) is 1.53. The lowest BCUT2D eigenvalue weighted by molar-refractivity contribution is -0.120. The first-order valence-corrected chi connectivity index (χ1v) is 4.15. The smallest absolute Gasteiger partial charge is 0.226 e. The lowest BCUT2D eigenvalue weighted by Crippen LogP contribution is -2.32.